The zero-order valence-electron chi connectivity index (χ0n) is 18.5. The smallest absolute Gasteiger partial charge is 0.336 e. The molecule has 0 aliphatic heterocycles. The van der Waals surface area contributed by atoms with Crippen LogP contribution in [0.3, 0.4) is 0 Å². The summed E-state index contributed by atoms with van der Waals surface area (Å²) in [4.78, 5) is 22.7. The van der Waals surface area contributed by atoms with Crippen LogP contribution >= 0.6 is 0 Å². The Morgan fingerprint density at radius 2 is 1.69 bits per heavy atom. The topological polar surface area (TPSA) is 74.6 Å². The summed E-state index contributed by atoms with van der Waals surface area (Å²) in [5, 5.41) is 18.6. The first-order chi connectivity index (χ1) is 15.2. The van der Waals surface area contributed by atoms with Gasteiger partial charge < -0.3 is 10.2 Å². The van der Waals surface area contributed by atoms with Crippen molar-refractivity contribution >= 4 is 11.9 Å². The van der Waals surface area contributed by atoms with E-state index in [0.717, 1.165) is 17.4 Å². The minimum atomic E-state index is -1.12. The molecule has 0 heterocycles. The average molecular weight is 429 g/mol. The van der Waals surface area contributed by atoms with E-state index in [1.54, 1.807) is 0 Å². The van der Waals surface area contributed by atoms with Gasteiger partial charge in [-0.2, -0.15) is 0 Å². The van der Waals surface area contributed by atoms with Crippen LogP contribution in [0.1, 0.15) is 89.3 Å². The molecule has 164 valence electrons. The van der Waals surface area contributed by atoms with E-state index in [4.69, 9.17) is 0 Å². The number of rotatable bonds is 3. The Labute approximate surface area is 188 Å². The molecule has 5 unspecified atom stereocenters. The van der Waals surface area contributed by atoms with E-state index in [9.17, 15) is 19.8 Å². The molecule has 0 saturated heterocycles. The molecular weight excluding hydrogens is 400 g/mol. The molecule has 32 heavy (non-hydrogen) atoms. The summed E-state index contributed by atoms with van der Waals surface area (Å²) >= 11 is 0. The molecular formula is C28H28O4. The molecule has 2 aromatic rings. The number of carboxylic acids is 2. The van der Waals surface area contributed by atoms with Crippen molar-refractivity contribution in [3.63, 3.8) is 0 Å². The first-order valence-electron chi connectivity index (χ1n) is 11.4. The third-order valence-electron chi connectivity index (χ3n) is 8.09. The van der Waals surface area contributed by atoms with Crippen LogP contribution in [-0.4, -0.2) is 22.2 Å². The summed E-state index contributed by atoms with van der Waals surface area (Å²) in [6, 6.07) is 12.3. The van der Waals surface area contributed by atoms with Crippen molar-refractivity contribution < 1.29 is 19.8 Å². The second kappa shape index (κ2) is 7.24. The summed E-state index contributed by atoms with van der Waals surface area (Å²) in [5.74, 6) is 5.93. The van der Waals surface area contributed by atoms with Gasteiger partial charge in [0.05, 0.1) is 11.1 Å². The van der Waals surface area contributed by atoms with Gasteiger partial charge in [-0.05, 0) is 96.6 Å². The fourth-order valence-electron chi connectivity index (χ4n) is 7.63. The highest BCUT2D eigenvalue weighted by Crippen LogP contribution is 2.69. The Morgan fingerprint density at radius 3 is 2.31 bits per heavy atom. The molecule has 6 rings (SSSR count). The van der Waals surface area contributed by atoms with Gasteiger partial charge in [-0.3, -0.25) is 0 Å². The van der Waals surface area contributed by atoms with Gasteiger partial charge in [-0.25, -0.2) is 9.59 Å². The molecule has 0 aromatic heterocycles. The molecule has 0 radical (unpaired) electrons. The number of hydrogen-bond acceptors (Lipinski definition) is 2. The maximum atomic E-state index is 11.5. The molecule has 4 aliphatic carbocycles. The first kappa shape index (κ1) is 20.8. The van der Waals surface area contributed by atoms with Crippen LogP contribution in [0.4, 0.5) is 0 Å². The third kappa shape index (κ3) is 3.50. The Kier molecular flexibility index (Phi) is 4.71. The summed E-state index contributed by atoms with van der Waals surface area (Å²) in [7, 11) is 0. The Balaban J connectivity index is 1.42. The highest BCUT2D eigenvalue weighted by molar-refractivity contribution is 5.94. The lowest BCUT2D eigenvalue weighted by molar-refractivity contribution is -0.111. The number of hydrogen-bond donors (Lipinski definition) is 2. The van der Waals surface area contributed by atoms with Crippen LogP contribution < -0.4 is 0 Å². The van der Waals surface area contributed by atoms with Gasteiger partial charge >= 0.3 is 11.9 Å². The van der Waals surface area contributed by atoms with Crippen molar-refractivity contribution in [3.05, 3.63) is 70.3 Å². The minimum Gasteiger partial charge on any atom is -0.478 e. The van der Waals surface area contributed by atoms with Gasteiger partial charge in [-0.1, -0.05) is 37.8 Å². The maximum absolute atomic E-state index is 11.5. The zero-order chi connectivity index (χ0) is 22.7. The standard InChI is InChI=1S/C28H28O4/c1-27-13-18-11-22(15-27)24(28(2,14-18)16-27)19-6-3-17(4-7-19)5-8-20-12-21(25(29)30)9-10-23(20)26(31)32/h3-4,6-7,9-10,12,18,22,24H,11,13-16H2,1-2H3,(H,29,30)(H,31,32). The number of carbonyl (C=O) groups is 2. The molecule has 4 fully saturated rings. The Bertz CT molecular complexity index is 1170. The lowest BCUT2D eigenvalue weighted by Gasteiger charge is -2.64. The highest BCUT2D eigenvalue weighted by Gasteiger charge is 2.58. The van der Waals surface area contributed by atoms with Crippen molar-refractivity contribution in [2.45, 2.75) is 51.9 Å². The van der Waals surface area contributed by atoms with E-state index in [1.807, 2.05) is 12.1 Å². The van der Waals surface area contributed by atoms with Crippen LogP contribution in [-0.2, 0) is 0 Å². The van der Waals surface area contributed by atoms with Crippen molar-refractivity contribution in [1.29, 1.82) is 0 Å². The van der Waals surface area contributed by atoms with E-state index >= 15 is 0 Å². The Hall–Kier alpha value is -3.06. The van der Waals surface area contributed by atoms with Crippen molar-refractivity contribution in [3.8, 4) is 11.8 Å². The number of aromatic carboxylic acids is 2. The largest absolute Gasteiger partial charge is 0.478 e. The molecule has 4 saturated carbocycles. The molecule has 0 amide bonds. The third-order valence-corrected chi connectivity index (χ3v) is 8.09. The van der Waals surface area contributed by atoms with E-state index < -0.39 is 11.9 Å². The first-order valence-corrected chi connectivity index (χ1v) is 11.4. The second-order valence-corrected chi connectivity index (χ2v) is 10.8. The van der Waals surface area contributed by atoms with Gasteiger partial charge in [0.1, 0.15) is 0 Å². The van der Waals surface area contributed by atoms with Crippen LogP contribution in [0.15, 0.2) is 42.5 Å². The van der Waals surface area contributed by atoms with Gasteiger partial charge in [0.25, 0.3) is 0 Å². The second-order valence-electron chi connectivity index (χ2n) is 10.8. The van der Waals surface area contributed by atoms with Gasteiger partial charge in [0.15, 0.2) is 0 Å². The molecule has 4 bridgehead atoms. The summed E-state index contributed by atoms with van der Waals surface area (Å²) in [6.45, 7) is 4.98. The van der Waals surface area contributed by atoms with E-state index in [0.29, 0.717) is 16.7 Å². The predicted octanol–water partition coefficient (Wildman–Crippen LogP) is 5.80. The molecule has 4 aliphatic rings. The van der Waals surface area contributed by atoms with E-state index in [1.165, 1.54) is 55.9 Å². The lowest BCUT2D eigenvalue weighted by Crippen LogP contribution is -2.53. The van der Waals surface area contributed by atoms with Gasteiger partial charge in [0.2, 0.25) is 0 Å². The minimum absolute atomic E-state index is 0.00846. The molecule has 4 heteroatoms. The number of benzene rings is 2. The van der Waals surface area contributed by atoms with Crippen LogP contribution in [0, 0.1) is 34.5 Å². The van der Waals surface area contributed by atoms with Crippen molar-refractivity contribution in [2.75, 3.05) is 0 Å². The summed E-state index contributed by atoms with van der Waals surface area (Å²) in [6.07, 6.45) is 6.75. The van der Waals surface area contributed by atoms with Crippen molar-refractivity contribution in [1.82, 2.24) is 0 Å². The quantitative estimate of drug-likeness (QED) is 0.606. The average Bonchev–Trinajstić information content (AvgIpc) is 2.70. The van der Waals surface area contributed by atoms with Crippen LogP contribution in [0.25, 0.3) is 0 Å². The summed E-state index contributed by atoms with van der Waals surface area (Å²) < 4.78 is 0. The van der Waals surface area contributed by atoms with E-state index in [2.05, 4.69) is 37.8 Å². The monoisotopic (exact) mass is 428 g/mol. The molecule has 2 N–H and O–H groups in total. The lowest BCUT2D eigenvalue weighted by atomic mass is 9.40. The zero-order valence-corrected chi connectivity index (χ0v) is 18.5. The van der Waals surface area contributed by atoms with E-state index in [-0.39, 0.29) is 16.7 Å². The van der Waals surface area contributed by atoms with Gasteiger partial charge in [-0.15, -0.1) is 0 Å². The predicted molar refractivity (Wildman–Crippen MR) is 122 cm³/mol. The van der Waals surface area contributed by atoms with Crippen LogP contribution in [0.2, 0.25) is 0 Å². The fraction of sp³-hybridized carbons (Fsp3) is 0.429. The van der Waals surface area contributed by atoms with Gasteiger partial charge in [0, 0.05) is 11.1 Å². The van der Waals surface area contributed by atoms with Crippen molar-refractivity contribution in [2.24, 2.45) is 22.7 Å². The molecule has 2 aromatic carbocycles. The molecule has 0 spiro atoms. The van der Waals surface area contributed by atoms with Crippen LogP contribution in [0.5, 0.6) is 0 Å². The SMILES string of the molecule is CC12CC3CC(C1)C(c1ccc(C#Cc4cc(C(=O)O)ccc4C(=O)O)cc1)C(C)(C3)C2. The normalized spacial score (nSPS) is 32.2. The highest BCUT2D eigenvalue weighted by atomic mass is 16.4. The maximum Gasteiger partial charge on any atom is 0.336 e. The fourth-order valence-corrected chi connectivity index (χ4v) is 7.63. The Morgan fingerprint density at radius 1 is 0.938 bits per heavy atom. The molecule has 4 nitrogen and oxygen atoms in total. The number of carboxylic acid groups (broad SMARTS) is 2. The summed E-state index contributed by atoms with van der Waals surface area (Å²) in [5.41, 5.74) is 3.33. The molecule has 5 atom stereocenters.